The first-order chi connectivity index (χ1) is 17.2. The molecular weight excluding hydrogens is 490 g/mol. The van der Waals surface area contributed by atoms with Gasteiger partial charge in [-0.1, -0.05) is 54.1 Å². The van der Waals surface area contributed by atoms with Gasteiger partial charge in [0, 0.05) is 19.2 Å². The lowest BCUT2D eigenvalue weighted by Gasteiger charge is -2.36. The average molecular weight is 510 g/mol. The molecule has 0 aliphatic heterocycles. The molecule has 3 aromatic carbocycles. The number of pyridine rings is 1. The third kappa shape index (κ3) is 5.73. The molecule has 0 aliphatic carbocycles. The highest BCUT2D eigenvalue weighted by molar-refractivity contribution is 6.30. The summed E-state index contributed by atoms with van der Waals surface area (Å²) in [5.74, 6) is -1.01. The van der Waals surface area contributed by atoms with E-state index in [0.717, 1.165) is 23.3 Å². The van der Waals surface area contributed by atoms with Gasteiger partial charge in [-0.2, -0.15) is 18.4 Å². The molecule has 0 saturated carbocycles. The molecule has 182 valence electrons. The Balaban J connectivity index is 1.91. The molecule has 36 heavy (non-hydrogen) atoms. The first-order valence-electron chi connectivity index (χ1n) is 11.0. The Hall–Kier alpha value is -3.73. The van der Waals surface area contributed by atoms with E-state index in [2.05, 4.69) is 16.4 Å². The van der Waals surface area contributed by atoms with E-state index in [1.54, 1.807) is 36.4 Å². The van der Waals surface area contributed by atoms with Crippen molar-refractivity contribution in [2.24, 2.45) is 0 Å². The van der Waals surface area contributed by atoms with Gasteiger partial charge in [-0.15, -0.1) is 0 Å². The number of nitrogens with zero attached hydrogens (tertiary/aromatic N) is 2. The number of hydrogen-bond donors (Lipinski definition) is 1. The minimum Gasteiger partial charge on any atom is -0.298 e. The Morgan fingerprint density at radius 1 is 0.861 bits per heavy atom. The molecule has 4 rings (SSSR count). The number of hydrogen-bond acceptors (Lipinski definition) is 3. The fourth-order valence-corrected chi connectivity index (χ4v) is 4.19. The number of alkyl halides is 3. The van der Waals surface area contributed by atoms with Crippen molar-refractivity contribution in [3.05, 3.63) is 135 Å². The van der Waals surface area contributed by atoms with E-state index in [4.69, 9.17) is 16.9 Å². The molecule has 0 spiro atoms. The van der Waals surface area contributed by atoms with Crippen LogP contribution in [0, 0.1) is 17.1 Å². The van der Waals surface area contributed by atoms with Gasteiger partial charge in [0.05, 0.1) is 33.5 Å². The van der Waals surface area contributed by atoms with E-state index in [1.807, 2.05) is 30.3 Å². The van der Waals surface area contributed by atoms with Gasteiger partial charge in [0.25, 0.3) is 0 Å². The van der Waals surface area contributed by atoms with Crippen LogP contribution in [-0.4, -0.2) is 4.98 Å². The molecule has 1 aromatic heterocycles. The summed E-state index contributed by atoms with van der Waals surface area (Å²) in [6.07, 6.45) is -3.15. The number of nitriles is 1. The zero-order valence-corrected chi connectivity index (χ0v) is 19.6. The van der Waals surface area contributed by atoms with Crippen LogP contribution in [0.15, 0.2) is 91.1 Å². The van der Waals surface area contributed by atoms with Crippen LogP contribution in [-0.2, 0) is 24.7 Å². The van der Waals surface area contributed by atoms with Crippen molar-refractivity contribution < 1.29 is 17.6 Å². The summed E-state index contributed by atoms with van der Waals surface area (Å²) >= 11 is 6.06. The molecule has 4 aromatic rings. The SMILES string of the molecule is N#Cc1ccc(CNC(Cc2ccccc2)(c2cc(F)cc(C(F)(F)F)c2)c2ccc(Cl)cn2)cc1. The summed E-state index contributed by atoms with van der Waals surface area (Å²) < 4.78 is 55.7. The van der Waals surface area contributed by atoms with E-state index in [1.165, 1.54) is 6.20 Å². The molecule has 3 nitrogen and oxygen atoms in total. The Morgan fingerprint density at radius 3 is 2.17 bits per heavy atom. The maximum absolute atomic E-state index is 14.7. The predicted molar refractivity (Wildman–Crippen MR) is 130 cm³/mol. The van der Waals surface area contributed by atoms with Gasteiger partial charge in [0.15, 0.2) is 0 Å². The zero-order chi connectivity index (χ0) is 25.8. The highest BCUT2D eigenvalue weighted by Crippen LogP contribution is 2.38. The maximum atomic E-state index is 14.7. The molecule has 0 aliphatic rings. The fourth-order valence-electron chi connectivity index (χ4n) is 4.08. The quantitative estimate of drug-likeness (QED) is 0.272. The van der Waals surface area contributed by atoms with Crippen LogP contribution in [0.1, 0.15) is 33.5 Å². The topological polar surface area (TPSA) is 48.7 Å². The van der Waals surface area contributed by atoms with Crippen LogP contribution in [0.3, 0.4) is 0 Å². The van der Waals surface area contributed by atoms with Gasteiger partial charge >= 0.3 is 6.18 Å². The largest absolute Gasteiger partial charge is 0.416 e. The van der Waals surface area contributed by atoms with Gasteiger partial charge < -0.3 is 0 Å². The number of aromatic nitrogens is 1. The number of rotatable bonds is 7. The second kappa shape index (κ2) is 10.5. The molecule has 0 bridgehead atoms. The smallest absolute Gasteiger partial charge is 0.298 e. The van der Waals surface area contributed by atoms with Crippen LogP contribution in [0.2, 0.25) is 5.02 Å². The monoisotopic (exact) mass is 509 g/mol. The van der Waals surface area contributed by atoms with Gasteiger partial charge in [0.1, 0.15) is 5.82 Å². The second-order valence-corrected chi connectivity index (χ2v) is 8.75. The highest BCUT2D eigenvalue weighted by Gasteiger charge is 2.39. The van der Waals surface area contributed by atoms with Crippen molar-refractivity contribution in [1.29, 1.82) is 5.26 Å². The van der Waals surface area contributed by atoms with Gasteiger partial charge in [0.2, 0.25) is 0 Å². The number of benzene rings is 3. The Morgan fingerprint density at radius 2 is 1.56 bits per heavy atom. The molecule has 1 heterocycles. The van der Waals surface area contributed by atoms with Crippen molar-refractivity contribution in [2.75, 3.05) is 0 Å². The molecule has 8 heteroatoms. The molecule has 1 unspecified atom stereocenters. The summed E-state index contributed by atoms with van der Waals surface area (Å²) in [4.78, 5) is 4.44. The van der Waals surface area contributed by atoms with E-state index in [9.17, 15) is 17.6 Å². The maximum Gasteiger partial charge on any atom is 0.416 e. The first-order valence-corrected chi connectivity index (χ1v) is 11.4. The highest BCUT2D eigenvalue weighted by atomic mass is 35.5. The lowest BCUT2D eigenvalue weighted by atomic mass is 9.79. The molecule has 1 atom stereocenters. The summed E-state index contributed by atoms with van der Waals surface area (Å²) in [5.41, 5.74) is 0.0808. The van der Waals surface area contributed by atoms with E-state index < -0.39 is 23.1 Å². The Labute approximate surface area is 211 Å². The standard InChI is InChI=1S/C28H20ClF4N3/c29-24-10-11-26(35-18-24)27(15-19-4-2-1-3-5-19,36-17-21-8-6-20(16-34)7-9-21)22-12-23(28(31,32)33)14-25(30)13-22/h1-14,18,36H,15,17H2. The Bertz CT molecular complexity index is 1370. The molecule has 1 N–H and O–H groups in total. The predicted octanol–water partition coefficient (Wildman–Crippen LogP) is 7.04. The van der Waals surface area contributed by atoms with Gasteiger partial charge in [-0.3, -0.25) is 10.3 Å². The van der Waals surface area contributed by atoms with Crippen molar-refractivity contribution >= 4 is 11.6 Å². The number of nitrogens with one attached hydrogen (secondary N) is 1. The van der Waals surface area contributed by atoms with Crippen molar-refractivity contribution in [2.45, 2.75) is 24.7 Å². The van der Waals surface area contributed by atoms with E-state index in [0.29, 0.717) is 22.3 Å². The van der Waals surface area contributed by atoms with Gasteiger partial charge in [-0.05, 0) is 59.2 Å². The fraction of sp³-hybridized carbons (Fsp3) is 0.143. The number of halogens is 5. The van der Waals surface area contributed by atoms with Crippen LogP contribution in [0.25, 0.3) is 0 Å². The van der Waals surface area contributed by atoms with Crippen LogP contribution < -0.4 is 5.32 Å². The minimum absolute atomic E-state index is 0.0714. The molecule has 0 amide bonds. The molecule has 0 fully saturated rings. The summed E-state index contributed by atoms with van der Waals surface area (Å²) in [5, 5.41) is 12.8. The van der Waals surface area contributed by atoms with Crippen LogP contribution >= 0.6 is 11.6 Å². The molecule has 0 radical (unpaired) electrons. The average Bonchev–Trinajstić information content (AvgIpc) is 2.87. The zero-order valence-electron chi connectivity index (χ0n) is 18.9. The van der Waals surface area contributed by atoms with Crippen LogP contribution in [0.5, 0.6) is 0 Å². The van der Waals surface area contributed by atoms with Crippen molar-refractivity contribution in [3.63, 3.8) is 0 Å². The van der Waals surface area contributed by atoms with Gasteiger partial charge in [-0.25, -0.2) is 4.39 Å². The van der Waals surface area contributed by atoms with Crippen molar-refractivity contribution in [1.82, 2.24) is 10.3 Å². The lowest BCUT2D eigenvalue weighted by molar-refractivity contribution is -0.137. The molecular formula is C28H20ClF4N3. The first kappa shape index (κ1) is 25.4. The second-order valence-electron chi connectivity index (χ2n) is 8.32. The molecule has 0 saturated heterocycles. The van der Waals surface area contributed by atoms with Crippen molar-refractivity contribution in [3.8, 4) is 6.07 Å². The normalized spacial score (nSPS) is 13.1. The minimum atomic E-state index is -4.74. The van der Waals surface area contributed by atoms with Crippen LogP contribution in [0.4, 0.5) is 17.6 Å². The summed E-state index contributed by atoms with van der Waals surface area (Å²) in [7, 11) is 0. The summed E-state index contributed by atoms with van der Waals surface area (Å²) in [6, 6.07) is 23.8. The third-order valence-corrected chi connectivity index (χ3v) is 6.10. The van der Waals surface area contributed by atoms with E-state index in [-0.39, 0.29) is 18.5 Å². The third-order valence-electron chi connectivity index (χ3n) is 5.87. The van der Waals surface area contributed by atoms with E-state index >= 15 is 0 Å². The lowest BCUT2D eigenvalue weighted by Crippen LogP contribution is -2.46. The summed E-state index contributed by atoms with van der Waals surface area (Å²) in [6.45, 7) is 0.209. The Kier molecular flexibility index (Phi) is 7.39.